The van der Waals surface area contributed by atoms with Crippen LogP contribution < -0.4 is 10.6 Å². The number of carbonyl (C=O) groups is 2. The summed E-state index contributed by atoms with van der Waals surface area (Å²) < 4.78 is 6.95. The van der Waals surface area contributed by atoms with Crippen molar-refractivity contribution >= 4 is 17.9 Å². The minimum Gasteiger partial charge on any atom is -0.444 e. The number of nitrogens with zero attached hydrogens (tertiary/aromatic N) is 2. The van der Waals surface area contributed by atoms with Gasteiger partial charge in [0.2, 0.25) is 11.9 Å². The quantitative estimate of drug-likeness (QED) is 0.873. The number of hydrogen-bond donors (Lipinski definition) is 2. The molecule has 1 atom stereocenters. The van der Waals surface area contributed by atoms with E-state index in [-0.39, 0.29) is 5.91 Å². The number of imidazole rings is 1. The third kappa shape index (κ3) is 5.95. The molecule has 7 nitrogen and oxygen atoms in total. The Morgan fingerprint density at radius 1 is 1.24 bits per heavy atom. The summed E-state index contributed by atoms with van der Waals surface area (Å²) >= 11 is 0. The van der Waals surface area contributed by atoms with Crippen LogP contribution in [0.4, 0.5) is 10.7 Å². The molecule has 2 N–H and O–H groups in total. The number of nitrogens with one attached hydrogen (secondary N) is 2. The van der Waals surface area contributed by atoms with Crippen LogP contribution in [0.1, 0.15) is 26.3 Å². The molecule has 0 bridgehead atoms. The van der Waals surface area contributed by atoms with Gasteiger partial charge in [-0.1, -0.05) is 30.3 Å². The average Bonchev–Trinajstić information content (AvgIpc) is 2.91. The Morgan fingerprint density at radius 2 is 1.92 bits per heavy atom. The van der Waals surface area contributed by atoms with Gasteiger partial charge in [-0.2, -0.15) is 0 Å². The molecule has 7 heteroatoms. The highest BCUT2D eigenvalue weighted by molar-refractivity contribution is 5.95. The predicted molar refractivity (Wildman–Crippen MR) is 95.1 cm³/mol. The van der Waals surface area contributed by atoms with E-state index in [1.165, 1.54) is 0 Å². The Kier molecular flexibility index (Phi) is 5.80. The topological polar surface area (TPSA) is 85.3 Å². The lowest BCUT2D eigenvalue weighted by Gasteiger charge is -2.23. The smallest absolute Gasteiger partial charge is 0.408 e. The van der Waals surface area contributed by atoms with Crippen molar-refractivity contribution in [3.63, 3.8) is 0 Å². The van der Waals surface area contributed by atoms with E-state index in [4.69, 9.17) is 4.74 Å². The number of rotatable bonds is 5. The lowest BCUT2D eigenvalue weighted by Crippen LogP contribution is -2.47. The van der Waals surface area contributed by atoms with E-state index in [1.54, 1.807) is 44.8 Å². The first-order chi connectivity index (χ1) is 11.7. The summed E-state index contributed by atoms with van der Waals surface area (Å²) in [7, 11) is 1.77. The van der Waals surface area contributed by atoms with Crippen molar-refractivity contribution in [2.45, 2.75) is 38.8 Å². The highest BCUT2D eigenvalue weighted by Gasteiger charge is 2.25. The summed E-state index contributed by atoms with van der Waals surface area (Å²) in [6, 6.07) is 8.69. The second-order valence-corrected chi connectivity index (χ2v) is 6.74. The van der Waals surface area contributed by atoms with Gasteiger partial charge in [0.1, 0.15) is 11.6 Å². The lowest BCUT2D eigenvalue weighted by molar-refractivity contribution is -0.118. The largest absolute Gasteiger partial charge is 0.444 e. The van der Waals surface area contributed by atoms with E-state index in [2.05, 4.69) is 15.6 Å². The van der Waals surface area contributed by atoms with Crippen LogP contribution in [0.2, 0.25) is 0 Å². The normalized spacial score (nSPS) is 12.3. The fraction of sp³-hybridized carbons (Fsp3) is 0.389. The number of carbonyl (C=O) groups excluding carboxylic acids is 2. The zero-order chi connectivity index (χ0) is 18.4. The van der Waals surface area contributed by atoms with Gasteiger partial charge in [-0.15, -0.1) is 0 Å². The minimum absolute atomic E-state index is 0.344. The number of ether oxygens (including phenoxy) is 1. The third-order valence-electron chi connectivity index (χ3n) is 3.35. The molecule has 25 heavy (non-hydrogen) atoms. The number of hydrogen-bond acceptors (Lipinski definition) is 4. The van der Waals surface area contributed by atoms with Crippen molar-refractivity contribution in [1.29, 1.82) is 0 Å². The SMILES string of the molecule is Cn1ccnc1NC(=O)[C@H](Cc1ccccc1)NC(=O)OC(C)(C)C. The summed E-state index contributed by atoms with van der Waals surface area (Å²) in [4.78, 5) is 28.8. The number of aromatic nitrogens is 2. The monoisotopic (exact) mass is 344 g/mol. The molecule has 0 radical (unpaired) electrons. The van der Waals surface area contributed by atoms with Gasteiger partial charge in [0.25, 0.3) is 0 Å². The standard InChI is InChI=1S/C18H24N4O3/c1-18(2,3)25-17(24)20-14(12-13-8-6-5-7-9-13)15(23)21-16-19-10-11-22(16)4/h5-11,14H,12H2,1-4H3,(H,20,24)(H,19,21,23)/t14-/m0/s1. The predicted octanol–water partition coefficient (Wildman–Crippen LogP) is 2.49. The molecular formula is C18H24N4O3. The number of alkyl carbamates (subject to hydrolysis) is 1. The zero-order valence-corrected chi connectivity index (χ0v) is 14.9. The summed E-state index contributed by atoms with van der Waals surface area (Å²) in [5.41, 5.74) is 0.288. The van der Waals surface area contributed by atoms with Gasteiger partial charge in [-0.3, -0.25) is 10.1 Å². The molecule has 2 aromatic rings. The van der Waals surface area contributed by atoms with E-state index in [9.17, 15) is 9.59 Å². The maximum atomic E-state index is 12.6. The zero-order valence-electron chi connectivity index (χ0n) is 14.9. The highest BCUT2D eigenvalue weighted by Crippen LogP contribution is 2.10. The molecule has 1 aromatic carbocycles. The van der Waals surface area contributed by atoms with Crippen molar-refractivity contribution < 1.29 is 14.3 Å². The fourth-order valence-corrected chi connectivity index (χ4v) is 2.19. The molecule has 1 aromatic heterocycles. The van der Waals surface area contributed by atoms with Crippen LogP contribution in [0.5, 0.6) is 0 Å². The fourth-order valence-electron chi connectivity index (χ4n) is 2.19. The second-order valence-electron chi connectivity index (χ2n) is 6.74. The molecule has 2 rings (SSSR count). The Balaban J connectivity index is 2.11. The molecule has 2 amide bonds. The van der Waals surface area contributed by atoms with Gasteiger partial charge in [0.15, 0.2) is 0 Å². The maximum Gasteiger partial charge on any atom is 0.408 e. The second kappa shape index (κ2) is 7.83. The first-order valence-corrected chi connectivity index (χ1v) is 8.06. The summed E-state index contributed by atoms with van der Waals surface area (Å²) in [6.07, 6.45) is 3.02. The first kappa shape index (κ1) is 18.5. The van der Waals surface area contributed by atoms with Gasteiger partial charge in [-0.25, -0.2) is 9.78 Å². The van der Waals surface area contributed by atoms with E-state index in [1.807, 2.05) is 30.3 Å². The highest BCUT2D eigenvalue weighted by atomic mass is 16.6. The van der Waals surface area contributed by atoms with Crippen LogP contribution in [0, 0.1) is 0 Å². The Bertz CT molecular complexity index is 719. The Morgan fingerprint density at radius 3 is 2.48 bits per heavy atom. The van der Waals surface area contributed by atoms with Crippen molar-refractivity contribution in [1.82, 2.24) is 14.9 Å². The number of aryl methyl sites for hydroxylation is 1. The summed E-state index contributed by atoms with van der Waals surface area (Å²) in [5.74, 6) is 0.0538. The third-order valence-corrected chi connectivity index (χ3v) is 3.35. The molecule has 0 saturated heterocycles. The molecule has 0 aliphatic carbocycles. The molecule has 0 spiro atoms. The maximum absolute atomic E-state index is 12.6. The van der Waals surface area contributed by atoms with E-state index < -0.39 is 17.7 Å². The number of amides is 2. The van der Waals surface area contributed by atoms with Crippen molar-refractivity contribution in [3.05, 3.63) is 48.3 Å². The van der Waals surface area contributed by atoms with Gasteiger partial charge >= 0.3 is 6.09 Å². The van der Waals surface area contributed by atoms with Gasteiger partial charge in [0.05, 0.1) is 0 Å². The lowest BCUT2D eigenvalue weighted by atomic mass is 10.1. The van der Waals surface area contributed by atoms with Crippen molar-refractivity contribution in [3.8, 4) is 0 Å². The molecule has 0 aliphatic heterocycles. The molecule has 0 saturated carbocycles. The van der Waals surface area contributed by atoms with Crippen LogP contribution in [0.15, 0.2) is 42.7 Å². The molecule has 0 unspecified atom stereocenters. The van der Waals surface area contributed by atoms with Crippen LogP contribution in [0.3, 0.4) is 0 Å². The van der Waals surface area contributed by atoms with Crippen LogP contribution in [0.25, 0.3) is 0 Å². The van der Waals surface area contributed by atoms with Crippen molar-refractivity contribution in [2.75, 3.05) is 5.32 Å². The van der Waals surface area contributed by atoms with Gasteiger partial charge in [-0.05, 0) is 26.3 Å². The molecule has 1 heterocycles. The molecular weight excluding hydrogens is 320 g/mol. The number of anilines is 1. The van der Waals surface area contributed by atoms with E-state index in [0.717, 1.165) is 5.56 Å². The first-order valence-electron chi connectivity index (χ1n) is 8.06. The minimum atomic E-state index is -0.783. The van der Waals surface area contributed by atoms with Gasteiger partial charge < -0.3 is 14.6 Å². The molecule has 0 fully saturated rings. The van der Waals surface area contributed by atoms with Crippen LogP contribution >= 0.6 is 0 Å². The van der Waals surface area contributed by atoms with E-state index in [0.29, 0.717) is 12.4 Å². The molecule has 0 aliphatic rings. The van der Waals surface area contributed by atoms with E-state index >= 15 is 0 Å². The van der Waals surface area contributed by atoms with Crippen LogP contribution in [-0.2, 0) is 23.0 Å². The Hall–Kier alpha value is -2.83. The van der Waals surface area contributed by atoms with Crippen LogP contribution in [-0.4, -0.2) is 33.2 Å². The Labute approximate surface area is 147 Å². The van der Waals surface area contributed by atoms with Crippen molar-refractivity contribution in [2.24, 2.45) is 7.05 Å². The summed E-state index contributed by atoms with van der Waals surface area (Å²) in [6.45, 7) is 5.31. The van der Waals surface area contributed by atoms with Gasteiger partial charge in [0, 0.05) is 25.9 Å². The average molecular weight is 344 g/mol. The molecule has 134 valence electrons. The summed E-state index contributed by atoms with van der Waals surface area (Å²) in [5, 5.41) is 5.36. The number of benzene rings is 1.